The van der Waals surface area contributed by atoms with Crippen LogP contribution in [0.15, 0.2) is 54.1 Å². The number of aromatic nitrogens is 4. The molecule has 3 aromatic heterocycles. The number of rotatable bonds is 12. The molecule has 3 heterocycles. The van der Waals surface area contributed by atoms with Crippen LogP contribution in [0, 0.1) is 0 Å². The first-order valence-electron chi connectivity index (χ1n) is 10.8. The number of unbranched alkanes of at least 4 members (excludes halogenated alkanes) is 1. The molecule has 2 amide bonds. The lowest BCUT2D eigenvalue weighted by Crippen LogP contribution is -2.46. The average molecular weight is 438 g/mol. The van der Waals surface area contributed by atoms with Crippen molar-refractivity contribution >= 4 is 11.8 Å². The molecule has 1 aliphatic carbocycles. The first-order valence-corrected chi connectivity index (χ1v) is 10.8. The number of carbonyl (C=O) groups excluding carboxylic acids is 2. The second kappa shape index (κ2) is 10.7. The zero-order valence-electron chi connectivity index (χ0n) is 17.7. The van der Waals surface area contributed by atoms with Gasteiger partial charge in [-0.15, -0.1) is 0 Å². The van der Waals surface area contributed by atoms with Gasteiger partial charge in [0.05, 0.1) is 24.8 Å². The lowest BCUT2D eigenvalue weighted by atomic mass is 10.1. The van der Waals surface area contributed by atoms with Crippen molar-refractivity contribution in [3.8, 4) is 0 Å². The normalized spacial score (nSPS) is 18.1. The van der Waals surface area contributed by atoms with Gasteiger partial charge < -0.3 is 25.4 Å². The van der Waals surface area contributed by atoms with E-state index in [9.17, 15) is 9.59 Å². The number of pyridine rings is 1. The maximum atomic E-state index is 12.7. The molecule has 10 nitrogen and oxygen atoms in total. The van der Waals surface area contributed by atoms with Crippen molar-refractivity contribution in [3.63, 3.8) is 0 Å². The van der Waals surface area contributed by atoms with Crippen LogP contribution in [0.1, 0.15) is 53.4 Å². The first-order chi connectivity index (χ1) is 15.7. The number of imidazole rings is 1. The lowest BCUT2D eigenvalue weighted by Gasteiger charge is -2.18. The van der Waals surface area contributed by atoms with E-state index in [1.165, 1.54) is 18.2 Å². The molecular formula is C22H27N7O3. The van der Waals surface area contributed by atoms with E-state index in [0.717, 1.165) is 31.5 Å². The highest BCUT2D eigenvalue weighted by molar-refractivity contribution is 5.95. The summed E-state index contributed by atoms with van der Waals surface area (Å²) in [6.45, 7) is 1.17. The SMILES string of the molecule is O=C(NC(CCCCNC1CC1c1cccnc1)C(=O)NCc1cnc[nH]1)c1cnco1. The maximum Gasteiger partial charge on any atom is 0.289 e. The number of aromatic amines is 1. The zero-order valence-corrected chi connectivity index (χ0v) is 17.7. The molecule has 32 heavy (non-hydrogen) atoms. The summed E-state index contributed by atoms with van der Waals surface area (Å²) in [5.41, 5.74) is 2.06. The van der Waals surface area contributed by atoms with Crippen LogP contribution in [0.4, 0.5) is 0 Å². The van der Waals surface area contributed by atoms with Crippen LogP contribution in [-0.4, -0.2) is 50.4 Å². The van der Waals surface area contributed by atoms with Gasteiger partial charge in [-0.2, -0.15) is 0 Å². The first kappa shape index (κ1) is 21.7. The van der Waals surface area contributed by atoms with E-state index in [4.69, 9.17) is 4.42 Å². The van der Waals surface area contributed by atoms with E-state index in [1.54, 1.807) is 18.7 Å². The van der Waals surface area contributed by atoms with Gasteiger partial charge in [0.1, 0.15) is 6.04 Å². The van der Waals surface area contributed by atoms with Crippen molar-refractivity contribution in [2.24, 2.45) is 0 Å². The second-order valence-corrected chi connectivity index (χ2v) is 7.87. The van der Waals surface area contributed by atoms with Crippen LogP contribution >= 0.6 is 0 Å². The molecule has 0 aliphatic heterocycles. The number of oxazole rings is 1. The minimum absolute atomic E-state index is 0.0770. The summed E-state index contributed by atoms with van der Waals surface area (Å²) in [5, 5.41) is 9.15. The minimum atomic E-state index is -0.667. The van der Waals surface area contributed by atoms with E-state index in [1.807, 2.05) is 12.3 Å². The molecule has 0 aromatic carbocycles. The van der Waals surface area contributed by atoms with E-state index < -0.39 is 11.9 Å². The van der Waals surface area contributed by atoms with Crippen LogP contribution < -0.4 is 16.0 Å². The summed E-state index contributed by atoms with van der Waals surface area (Å²) in [6, 6.07) is 3.90. The maximum absolute atomic E-state index is 12.7. The fraction of sp³-hybridized carbons (Fsp3) is 0.409. The predicted octanol–water partition coefficient (Wildman–Crippen LogP) is 1.52. The molecule has 168 valence electrons. The number of hydrogen-bond donors (Lipinski definition) is 4. The number of hydrogen-bond acceptors (Lipinski definition) is 7. The van der Waals surface area contributed by atoms with Crippen molar-refractivity contribution in [3.05, 3.63) is 66.7 Å². The van der Waals surface area contributed by atoms with Gasteiger partial charge in [0.2, 0.25) is 11.7 Å². The number of carbonyl (C=O) groups is 2. The molecule has 3 unspecified atom stereocenters. The Bertz CT molecular complexity index is 976. The summed E-state index contributed by atoms with van der Waals surface area (Å²) in [6.07, 6.45) is 12.8. The number of amides is 2. The van der Waals surface area contributed by atoms with E-state index in [-0.39, 0.29) is 11.7 Å². The van der Waals surface area contributed by atoms with Gasteiger partial charge in [0.25, 0.3) is 5.91 Å². The molecule has 0 bridgehead atoms. The Kier molecular flexibility index (Phi) is 7.23. The summed E-state index contributed by atoms with van der Waals surface area (Å²) in [7, 11) is 0. The number of H-pyrrole nitrogens is 1. The summed E-state index contributed by atoms with van der Waals surface area (Å²) >= 11 is 0. The van der Waals surface area contributed by atoms with Crippen LogP contribution in [0.5, 0.6) is 0 Å². The van der Waals surface area contributed by atoms with Crippen molar-refractivity contribution in [2.75, 3.05) is 6.54 Å². The molecule has 0 saturated heterocycles. The predicted molar refractivity (Wildman–Crippen MR) is 115 cm³/mol. The third-order valence-electron chi connectivity index (χ3n) is 5.51. The fourth-order valence-electron chi connectivity index (χ4n) is 3.66. The van der Waals surface area contributed by atoms with Crippen molar-refractivity contribution < 1.29 is 14.0 Å². The van der Waals surface area contributed by atoms with Gasteiger partial charge in [0.15, 0.2) is 6.39 Å². The Balaban J connectivity index is 1.21. The number of nitrogens with one attached hydrogen (secondary N) is 4. The summed E-state index contributed by atoms with van der Waals surface area (Å²) in [5.74, 6) is -0.0991. The van der Waals surface area contributed by atoms with Gasteiger partial charge in [-0.25, -0.2) is 9.97 Å². The number of nitrogens with zero attached hydrogens (tertiary/aromatic N) is 3. The molecule has 3 aromatic rings. The van der Waals surface area contributed by atoms with Crippen LogP contribution in [0.25, 0.3) is 0 Å². The highest BCUT2D eigenvalue weighted by Crippen LogP contribution is 2.40. The molecule has 4 rings (SSSR count). The topological polar surface area (TPSA) is 138 Å². The molecule has 1 saturated carbocycles. The highest BCUT2D eigenvalue weighted by atomic mass is 16.3. The van der Waals surface area contributed by atoms with E-state index in [0.29, 0.717) is 24.9 Å². The Labute approximate surface area is 185 Å². The van der Waals surface area contributed by atoms with Gasteiger partial charge in [-0.3, -0.25) is 14.6 Å². The van der Waals surface area contributed by atoms with Crippen LogP contribution in [-0.2, 0) is 11.3 Å². The Morgan fingerprint density at radius 2 is 2.12 bits per heavy atom. The van der Waals surface area contributed by atoms with Crippen molar-refractivity contribution in [1.29, 1.82) is 0 Å². The minimum Gasteiger partial charge on any atom is -0.438 e. The third-order valence-corrected chi connectivity index (χ3v) is 5.51. The van der Waals surface area contributed by atoms with Crippen molar-refractivity contribution in [2.45, 2.75) is 50.2 Å². The standard InChI is InChI=1S/C22H27N7O3/c30-21(27-11-16-10-24-13-28-16)18(29-22(31)20-12-25-14-32-20)5-1-2-7-26-19-8-17(19)15-4-3-6-23-9-15/h3-4,6,9-10,12-14,17-19,26H,1-2,5,7-8,11H2,(H,24,28)(H,27,30)(H,29,31). The largest absolute Gasteiger partial charge is 0.438 e. The summed E-state index contributed by atoms with van der Waals surface area (Å²) in [4.78, 5) is 39.9. The Morgan fingerprint density at radius 1 is 1.19 bits per heavy atom. The van der Waals surface area contributed by atoms with Gasteiger partial charge in [-0.05, 0) is 43.9 Å². The molecule has 10 heteroatoms. The van der Waals surface area contributed by atoms with Crippen molar-refractivity contribution in [1.82, 2.24) is 35.9 Å². The third kappa shape index (κ3) is 6.01. The molecule has 4 N–H and O–H groups in total. The van der Waals surface area contributed by atoms with Gasteiger partial charge in [0, 0.05) is 30.6 Å². The average Bonchev–Trinajstić information content (AvgIpc) is 3.20. The zero-order chi connectivity index (χ0) is 22.2. The lowest BCUT2D eigenvalue weighted by molar-refractivity contribution is -0.123. The highest BCUT2D eigenvalue weighted by Gasteiger charge is 2.37. The fourth-order valence-corrected chi connectivity index (χ4v) is 3.66. The molecule has 0 spiro atoms. The molecule has 1 aliphatic rings. The second-order valence-electron chi connectivity index (χ2n) is 7.87. The molecule has 1 fully saturated rings. The van der Waals surface area contributed by atoms with Gasteiger partial charge >= 0.3 is 0 Å². The Morgan fingerprint density at radius 3 is 2.88 bits per heavy atom. The van der Waals surface area contributed by atoms with Gasteiger partial charge in [-0.1, -0.05) is 6.07 Å². The van der Waals surface area contributed by atoms with E-state index >= 15 is 0 Å². The summed E-state index contributed by atoms with van der Waals surface area (Å²) < 4.78 is 5.04. The van der Waals surface area contributed by atoms with Crippen LogP contribution in [0.2, 0.25) is 0 Å². The monoisotopic (exact) mass is 437 g/mol. The Hall–Kier alpha value is -3.53. The smallest absolute Gasteiger partial charge is 0.289 e. The molecule has 3 atom stereocenters. The van der Waals surface area contributed by atoms with Crippen LogP contribution in [0.3, 0.4) is 0 Å². The van der Waals surface area contributed by atoms with E-state index in [2.05, 4.69) is 42.0 Å². The molecular weight excluding hydrogens is 410 g/mol. The quantitative estimate of drug-likeness (QED) is 0.315. The molecule has 0 radical (unpaired) electrons.